The highest BCUT2D eigenvalue weighted by molar-refractivity contribution is 5.82. The van der Waals surface area contributed by atoms with Crippen LogP contribution in [0.4, 0.5) is 5.82 Å². The number of ether oxygens (including phenoxy) is 2. The van der Waals surface area contributed by atoms with Crippen LogP contribution in [-0.4, -0.2) is 75.7 Å². The number of benzene rings is 1. The molecule has 0 aliphatic carbocycles. The van der Waals surface area contributed by atoms with Gasteiger partial charge in [0.05, 0.1) is 32.2 Å². The average molecular weight is 597 g/mol. The number of rotatable bonds is 14. The van der Waals surface area contributed by atoms with Crippen molar-refractivity contribution >= 4 is 28.9 Å². The molecule has 3 atom stereocenters. The van der Waals surface area contributed by atoms with Crippen LogP contribution in [0.2, 0.25) is 0 Å². The number of esters is 1. The maximum absolute atomic E-state index is 13.5. The number of H-pyrrole nitrogens is 1. The summed E-state index contributed by atoms with van der Waals surface area (Å²) in [5, 5.41) is 3.08. The van der Waals surface area contributed by atoms with Crippen molar-refractivity contribution in [3.63, 3.8) is 0 Å². The van der Waals surface area contributed by atoms with Gasteiger partial charge in [-0.2, -0.15) is 9.97 Å². The lowest BCUT2D eigenvalue weighted by molar-refractivity contribution is -0.139. The molecular weight excluding hydrogens is 552 g/mol. The lowest BCUT2D eigenvalue weighted by atomic mass is 9.89. The molecular formula is C30H44N8O5. The minimum atomic E-state index is -0.377. The quantitative estimate of drug-likeness (QED) is 0.158. The fourth-order valence-electron chi connectivity index (χ4n) is 5.61. The van der Waals surface area contributed by atoms with Gasteiger partial charge in [0, 0.05) is 13.1 Å². The molecule has 13 heteroatoms. The second kappa shape index (κ2) is 15.0. The third kappa shape index (κ3) is 7.71. The number of likely N-dealkylation sites (tertiary alicyclic amines) is 1. The molecule has 6 N–H and O–H groups in total. The molecule has 3 heterocycles. The Labute approximate surface area is 251 Å². The van der Waals surface area contributed by atoms with Crippen LogP contribution in [0.15, 0.2) is 29.1 Å². The highest BCUT2D eigenvalue weighted by atomic mass is 16.5. The summed E-state index contributed by atoms with van der Waals surface area (Å²) in [7, 11) is 1.36. The predicted octanol–water partition coefficient (Wildman–Crippen LogP) is 1.90. The Morgan fingerprint density at radius 3 is 2.58 bits per heavy atom. The number of unbranched alkanes of at least 4 members (excludes halogenated alkanes) is 1. The van der Waals surface area contributed by atoms with Gasteiger partial charge in [0.15, 0.2) is 11.5 Å². The number of imidazole rings is 1. The number of nitrogens with two attached hydrogens (primary N) is 2. The number of piperidine rings is 1. The van der Waals surface area contributed by atoms with Crippen molar-refractivity contribution in [2.75, 3.05) is 39.1 Å². The Balaban J connectivity index is 1.53. The van der Waals surface area contributed by atoms with Crippen molar-refractivity contribution in [1.29, 1.82) is 0 Å². The molecule has 2 aromatic heterocycles. The number of methoxy groups -OCH3 is 1. The molecule has 4 rings (SSSR count). The zero-order chi connectivity index (χ0) is 30.9. The molecule has 0 bridgehead atoms. The standard InChI is InChI=1S/C30H44N8O5/c1-4-6-14-43-29-35-26(32)25-27(36-29)38(30(41)34-25)23-18-37(13-12-21(23)16-31)22(7-5-2)28(40)33-17-20-10-8-19(9-11-20)15-24(39)42-3/h8-11,21-23H,4-7,12-18,31H2,1-3H3,(H,33,40)(H,34,41)(H2,32,35,36). The normalized spacial score (nSPS) is 18.0. The van der Waals surface area contributed by atoms with E-state index in [0.717, 1.165) is 36.8 Å². The van der Waals surface area contributed by atoms with Gasteiger partial charge in [0.25, 0.3) is 0 Å². The second-order valence-electron chi connectivity index (χ2n) is 11.0. The maximum atomic E-state index is 13.5. The number of hydrogen-bond acceptors (Lipinski definition) is 10. The summed E-state index contributed by atoms with van der Waals surface area (Å²) in [4.78, 5) is 52.1. The fraction of sp³-hybridized carbons (Fsp3) is 0.567. The smallest absolute Gasteiger partial charge is 0.328 e. The third-order valence-electron chi connectivity index (χ3n) is 8.06. The largest absolute Gasteiger partial charge is 0.469 e. The van der Waals surface area contributed by atoms with Crippen molar-refractivity contribution in [1.82, 2.24) is 29.7 Å². The van der Waals surface area contributed by atoms with Gasteiger partial charge in [0.2, 0.25) is 5.91 Å². The molecule has 1 saturated heterocycles. The van der Waals surface area contributed by atoms with Crippen molar-refractivity contribution in [3.8, 4) is 6.01 Å². The molecule has 0 spiro atoms. The van der Waals surface area contributed by atoms with Gasteiger partial charge in [-0.3, -0.25) is 19.1 Å². The summed E-state index contributed by atoms with van der Waals surface area (Å²) in [5.74, 6) is -0.227. The number of nitrogens with zero attached hydrogens (tertiary/aromatic N) is 4. The van der Waals surface area contributed by atoms with Crippen molar-refractivity contribution in [3.05, 3.63) is 45.9 Å². The SMILES string of the molecule is CCCCOc1nc(N)c2[nH]c(=O)n(C3CN(C(CCC)C(=O)NCc4ccc(CC(=O)OC)cc4)CCC3CN)c2n1. The first-order chi connectivity index (χ1) is 20.8. The number of fused-ring (bicyclic) bond motifs is 1. The van der Waals surface area contributed by atoms with Gasteiger partial charge in [0.1, 0.15) is 5.52 Å². The molecule has 13 nitrogen and oxygen atoms in total. The second-order valence-corrected chi connectivity index (χ2v) is 11.0. The Morgan fingerprint density at radius 2 is 1.91 bits per heavy atom. The highest BCUT2D eigenvalue weighted by Crippen LogP contribution is 2.31. The van der Waals surface area contributed by atoms with E-state index in [-0.39, 0.29) is 53.8 Å². The Bertz CT molecular complexity index is 1440. The number of anilines is 1. The molecule has 1 aliphatic heterocycles. The van der Waals surface area contributed by atoms with Crippen molar-refractivity contribution in [2.45, 2.75) is 71.0 Å². The molecule has 1 fully saturated rings. The molecule has 3 unspecified atom stereocenters. The number of nitrogen functional groups attached to an aromatic ring is 1. The number of hydrogen-bond donors (Lipinski definition) is 4. The molecule has 3 aromatic rings. The zero-order valence-corrected chi connectivity index (χ0v) is 25.3. The van der Waals surface area contributed by atoms with E-state index in [1.165, 1.54) is 7.11 Å². The van der Waals surface area contributed by atoms with Crippen LogP contribution in [0.25, 0.3) is 11.2 Å². The Kier molecular flexibility index (Phi) is 11.1. The van der Waals surface area contributed by atoms with Crippen LogP contribution >= 0.6 is 0 Å². The van der Waals surface area contributed by atoms with E-state index in [1.54, 1.807) is 4.57 Å². The van der Waals surface area contributed by atoms with Gasteiger partial charge in [-0.05, 0) is 49.4 Å². The van der Waals surface area contributed by atoms with E-state index in [4.69, 9.17) is 20.9 Å². The number of nitrogens with one attached hydrogen (secondary N) is 2. The van der Waals surface area contributed by atoms with Gasteiger partial charge in [-0.15, -0.1) is 0 Å². The minimum Gasteiger partial charge on any atom is -0.469 e. The van der Waals surface area contributed by atoms with E-state index >= 15 is 0 Å². The minimum absolute atomic E-state index is 0.00226. The van der Waals surface area contributed by atoms with Gasteiger partial charge < -0.3 is 31.2 Å². The predicted molar refractivity (Wildman–Crippen MR) is 163 cm³/mol. The van der Waals surface area contributed by atoms with Crippen LogP contribution in [0.3, 0.4) is 0 Å². The summed E-state index contributed by atoms with van der Waals surface area (Å²) >= 11 is 0. The van der Waals surface area contributed by atoms with Gasteiger partial charge in [-0.25, -0.2) is 4.79 Å². The zero-order valence-electron chi connectivity index (χ0n) is 25.3. The number of aromatic amines is 1. The number of carbonyl (C=O) groups is 2. The summed E-state index contributed by atoms with van der Waals surface area (Å²) in [6.07, 6.45) is 4.20. The molecule has 1 aromatic carbocycles. The lowest BCUT2D eigenvalue weighted by Gasteiger charge is -2.41. The number of aromatic nitrogens is 4. The summed E-state index contributed by atoms with van der Waals surface area (Å²) in [5.41, 5.74) is 14.6. The highest BCUT2D eigenvalue weighted by Gasteiger charge is 2.37. The maximum Gasteiger partial charge on any atom is 0.328 e. The van der Waals surface area contributed by atoms with Crippen molar-refractivity contribution < 1.29 is 19.1 Å². The first kappa shape index (κ1) is 32.0. The van der Waals surface area contributed by atoms with Gasteiger partial charge >= 0.3 is 17.7 Å². The van der Waals surface area contributed by atoms with E-state index in [1.807, 2.05) is 31.2 Å². The summed E-state index contributed by atoms with van der Waals surface area (Å²) in [6, 6.07) is 6.94. The third-order valence-corrected chi connectivity index (χ3v) is 8.06. The molecule has 43 heavy (non-hydrogen) atoms. The summed E-state index contributed by atoms with van der Waals surface area (Å²) < 4.78 is 12.1. The Hall–Kier alpha value is -3.97. The fourth-order valence-corrected chi connectivity index (χ4v) is 5.61. The molecule has 1 amide bonds. The van der Waals surface area contributed by atoms with Crippen LogP contribution in [0, 0.1) is 5.92 Å². The summed E-state index contributed by atoms with van der Waals surface area (Å²) in [6.45, 7) is 6.43. The van der Waals surface area contributed by atoms with Crippen molar-refractivity contribution in [2.24, 2.45) is 11.7 Å². The first-order valence-electron chi connectivity index (χ1n) is 15.1. The van der Waals surface area contributed by atoms with Crippen LogP contribution < -0.4 is 27.2 Å². The lowest BCUT2D eigenvalue weighted by Crippen LogP contribution is -2.54. The number of amides is 1. The molecule has 1 aliphatic rings. The topological polar surface area (TPSA) is 183 Å². The first-order valence-corrected chi connectivity index (χ1v) is 15.1. The monoisotopic (exact) mass is 596 g/mol. The molecule has 0 radical (unpaired) electrons. The van der Waals surface area contributed by atoms with Gasteiger partial charge in [-0.1, -0.05) is 51.0 Å². The average Bonchev–Trinajstić information content (AvgIpc) is 3.35. The van der Waals surface area contributed by atoms with E-state index < -0.39 is 0 Å². The molecule has 234 valence electrons. The number of carbonyl (C=O) groups excluding carboxylic acids is 2. The molecule has 0 saturated carbocycles. The van der Waals surface area contributed by atoms with Crippen LogP contribution in [0.1, 0.15) is 63.1 Å². The van der Waals surface area contributed by atoms with E-state index in [0.29, 0.717) is 50.4 Å². The van der Waals surface area contributed by atoms with E-state index in [9.17, 15) is 14.4 Å². The van der Waals surface area contributed by atoms with Crippen LogP contribution in [0.5, 0.6) is 6.01 Å². The Morgan fingerprint density at radius 1 is 1.16 bits per heavy atom. The van der Waals surface area contributed by atoms with Crippen LogP contribution in [-0.2, 0) is 27.3 Å². The van der Waals surface area contributed by atoms with E-state index in [2.05, 4.69) is 32.1 Å².